The molecule has 0 fully saturated rings. The van der Waals surface area contributed by atoms with E-state index in [1.165, 1.54) is 5.56 Å². The van der Waals surface area contributed by atoms with E-state index >= 15 is 0 Å². The molecule has 0 unspecified atom stereocenters. The molecule has 0 bridgehead atoms. The van der Waals surface area contributed by atoms with Gasteiger partial charge in [-0.1, -0.05) is 49.4 Å². The molecule has 0 radical (unpaired) electrons. The predicted octanol–water partition coefficient (Wildman–Crippen LogP) is 5.07. The summed E-state index contributed by atoms with van der Waals surface area (Å²) in [4.78, 5) is 14.7. The van der Waals surface area contributed by atoms with Gasteiger partial charge in [0.05, 0.1) is 12.8 Å². The quantitative estimate of drug-likeness (QED) is 0.551. The summed E-state index contributed by atoms with van der Waals surface area (Å²) in [5, 5.41) is 0. The molecule has 0 aliphatic heterocycles. The molecular weight excluding hydrogens is 350 g/mol. The molecule has 0 aliphatic rings. The molecule has 3 aromatic rings. The zero-order valence-corrected chi connectivity index (χ0v) is 16.8. The monoisotopic (exact) mass is 377 g/mol. The zero-order valence-electron chi connectivity index (χ0n) is 16.8. The summed E-state index contributed by atoms with van der Waals surface area (Å²) in [6, 6.07) is 18.1. The van der Waals surface area contributed by atoms with Gasteiger partial charge in [0.25, 0.3) is 5.91 Å². The van der Waals surface area contributed by atoms with Gasteiger partial charge in [0, 0.05) is 6.54 Å². The lowest BCUT2D eigenvalue weighted by molar-refractivity contribution is -0.134. The SMILES string of the molecule is CCc1ccc(CN(Cc2ccco2)C(=O)COc2c(C)cccc2C)cc1. The van der Waals surface area contributed by atoms with E-state index in [-0.39, 0.29) is 12.5 Å². The highest BCUT2D eigenvalue weighted by atomic mass is 16.5. The molecule has 4 heteroatoms. The number of carbonyl (C=O) groups is 1. The molecule has 2 aromatic carbocycles. The van der Waals surface area contributed by atoms with E-state index in [9.17, 15) is 4.79 Å². The van der Waals surface area contributed by atoms with Crippen LogP contribution >= 0.6 is 0 Å². The van der Waals surface area contributed by atoms with Crippen LogP contribution < -0.4 is 4.74 Å². The minimum Gasteiger partial charge on any atom is -0.483 e. The van der Waals surface area contributed by atoms with E-state index in [4.69, 9.17) is 9.15 Å². The number of nitrogens with zero attached hydrogens (tertiary/aromatic N) is 1. The Kier molecular flexibility index (Phi) is 6.53. The van der Waals surface area contributed by atoms with E-state index in [0.29, 0.717) is 13.1 Å². The second kappa shape index (κ2) is 9.27. The van der Waals surface area contributed by atoms with Crippen molar-refractivity contribution in [2.75, 3.05) is 6.61 Å². The topological polar surface area (TPSA) is 42.7 Å². The van der Waals surface area contributed by atoms with Gasteiger partial charge >= 0.3 is 0 Å². The molecule has 146 valence electrons. The van der Waals surface area contributed by atoms with E-state index in [1.54, 1.807) is 11.2 Å². The van der Waals surface area contributed by atoms with Gasteiger partial charge in [-0.25, -0.2) is 0 Å². The molecule has 0 saturated heterocycles. The van der Waals surface area contributed by atoms with Crippen LogP contribution in [0.2, 0.25) is 0 Å². The van der Waals surface area contributed by atoms with Crippen molar-refractivity contribution in [3.63, 3.8) is 0 Å². The lowest BCUT2D eigenvalue weighted by Gasteiger charge is -2.23. The van der Waals surface area contributed by atoms with E-state index in [1.807, 2.05) is 44.2 Å². The van der Waals surface area contributed by atoms with Crippen molar-refractivity contribution in [1.82, 2.24) is 4.90 Å². The van der Waals surface area contributed by atoms with Crippen LogP contribution in [-0.2, 0) is 24.3 Å². The average molecular weight is 377 g/mol. The number of aryl methyl sites for hydroxylation is 3. The Morgan fingerprint density at radius 1 is 0.929 bits per heavy atom. The number of benzene rings is 2. The third-order valence-corrected chi connectivity index (χ3v) is 4.83. The maximum atomic E-state index is 13.0. The molecule has 1 aromatic heterocycles. The smallest absolute Gasteiger partial charge is 0.261 e. The van der Waals surface area contributed by atoms with Crippen LogP contribution in [-0.4, -0.2) is 17.4 Å². The predicted molar refractivity (Wildman–Crippen MR) is 110 cm³/mol. The summed E-state index contributed by atoms with van der Waals surface area (Å²) < 4.78 is 11.3. The second-order valence-corrected chi connectivity index (χ2v) is 7.01. The number of furan rings is 1. The number of ether oxygens (including phenoxy) is 1. The second-order valence-electron chi connectivity index (χ2n) is 7.01. The normalized spacial score (nSPS) is 10.7. The lowest BCUT2D eigenvalue weighted by atomic mass is 10.1. The molecular formula is C24H27NO3. The van der Waals surface area contributed by atoms with Crippen molar-refractivity contribution in [1.29, 1.82) is 0 Å². The summed E-state index contributed by atoms with van der Waals surface area (Å²) in [6.45, 7) is 7.04. The number of hydrogen-bond acceptors (Lipinski definition) is 3. The number of hydrogen-bond donors (Lipinski definition) is 0. The first kappa shape index (κ1) is 19.7. The minimum atomic E-state index is -0.0707. The van der Waals surface area contributed by atoms with Gasteiger partial charge in [-0.3, -0.25) is 4.79 Å². The van der Waals surface area contributed by atoms with Gasteiger partial charge in [-0.05, 0) is 54.7 Å². The minimum absolute atomic E-state index is 0.000550. The molecule has 1 amide bonds. The highest BCUT2D eigenvalue weighted by Gasteiger charge is 2.17. The first-order chi connectivity index (χ1) is 13.6. The first-order valence-corrected chi connectivity index (χ1v) is 9.63. The molecule has 0 aliphatic carbocycles. The molecule has 0 spiro atoms. The highest BCUT2D eigenvalue weighted by Crippen LogP contribution is 2.22. The van der Waals surface area contributed by atoms with Crippen LogP contribution in [0.1, 0.15) is 34.9 Å². The van der Waals surface area contributed by atoms with Crippen LogP contribution in [0, 0.1) is 13.8 Å². The maximum Gasteiger partial charge on any atom is 0.261 e. The summed E-state index contributed by atoms with van der Waals surface area (Å²) in [5.41, 5.74) is 4.43. The fraction of sp³-hybridized carbons (Fsp3) is 0.292. The van der Waals surface area contributed by atoms with Crippen molar-refractivity contribution < 1.29 is 13.9 Å². The Hall–Kier alpha value is -3.01. The summed E-state index contributed by atoms with van der Waals surface area (Å²) >= 11 is 0. The Bertz CT molecular complexity index is 878. The van der Waals surface area contributed by atoms with Crippen molar-refractivity contribution in [2.45, 2.75) is 40.3 Å². The number of carbonyl (C=O) groups excluding carboxylic acids is 1. The van der Waals surface area contributed by atoms with Crippen molar-refractivity contribution in [3.8, 4) is 5.75 Å². The zero-order chi connectivity index (χ0) is 19.9. The highest BCUT2D eigenvalue weighted by molar-refractivity contribution is 5.77. The first-order valence-electron chi connectivity index (χ1n) is 9.63. The standard InChI is InChI=1S/C24H27NO3/c1-4-20-10-12-21(13-11-20)15-25(16-22-9-6-14-27-22)23(26)17-28-24-18(2)7-5-8-19(24)3/h5-14H,4,15-17H2,1-3H3. The van der Waals surface area contributed by atoms with Crippen LogP contribution in [0.3, 0.4) is 0 Å². The Morgan fingerprint density at radius 3 is 2.21 bits per heavy atom. The van der Waals surface area contributed by atoms with Crippen LogP contribution in [0.25, 0.3) is 0 Å². The molecule has 28 heavy (non-hydrogen) atoms. The van der Waals surface area contributed by atoms with E-state index < -0.39 is 0 Å². The lowest BCUT2D eigenvalue weighted by Crippen LogP contribution is -2.34. The molecule has 0 N–H and O–H groups in total. The molecule has 0 saturated carbocycles. The summed E-state index contributed by atoms with van der Waals surface area (Å²) in [5.74, 6) is 1.46. The van der Waals surface area contributed by atoms with Gasteiger partial charge in [-0.2, -0.15) is 0 Å². The van der Waals surface area contributed by atoms with Gasteiger partial charge in [0.2, 0.25) is 0 Å². The summed E-state index contributed by atoms with van der Waals surface area (Å²) in [7, 11) is 0. The molecule has 3 rings (SSSR count). The largest absolute Gasteiger partial charge is 0.483 e. The summed E-state index contributed by atoms with van der Waals surface area (Å²) in [6.07, 6.45) is 2.63. The van der Waals surface area contributed by atoms with Gasteiger partial charge in [0.15, 0.2) is 6.61 Å². The van der Waals surface area contributed by atoms with Crippen molar-refractivity contribution in [2.24, 2.45) is 0 Å². The van der Waals surface area contributed by atoms with Gasteiger partial charge in [0.1, 0.15) is 11.5 Å². The number of rotatable bonds is 8. The van der Waals surface area contributed by atoms with Gasteiger partial charge < -0.3 is 14.1 Å². The Balaban J connectivity index is 1.72. The fourth-order valence-electron chi connectivity index (χ4n) is 3.18. The molecule has 4 nitrogen and oxygen atoms in total. The van der Waals surface area contributed by atoms with Crippen LogP contribution in [0.5, 0.6) is 5.75 Å². The van der Waals surface area contributed by atoms with E-state index in [2.05, 4.69) is 31.2 Å². The fourth-order valence-corrected chi connectivity index (χ4v) is 3.18. The van der Waals surface area contributed by atoms with E-state index in [0.717, 1.165) is 34.6 Å². The van der Waals surface area contributed by atoms with Gasteiger partial charge in [-0.15, -0.1) is 0 Å². The number of para-hydroxylation sites is 1. The molecule has 0 atom stereocenters. The number of amides is 1. The van der Waals surface area contributed by atoms with Crippen LogP contribution in [0.15, 0.2) is 65.3 Å². The van der Waals surface area contributed by atoms with Crippen LogP contribution in [0.4, 0.5) is 0 Å². The third kappa shape index (κ3) is 5.03. The Morgan fingerprint density at radius 2 is 1.61 bits per heavy atom. The Labute approximate surface area is 166 Å². The third-order valence-electron chi connectivity index (χ3n) is 4.83. The van der Waals surface area contributed by atoms with Crippen molar-refractivity contribution in [3.05, 3.63) is 88.9 Å². The van der Waals surface area contributed by atoms with Crippen molar-refractivity contribution >= 4 is 5.91 Å². The average Bonchev–Trinajstić information content (AvgIpc) is 3.20. The molecule has 1 heterocycles. The maximum absolute atomic E-state index is 13.0.